The van der Waals surface area contributed by atoms with Gasteiger partial charge in [-0.3, -0.25) is 0 Å². The maximum Gasteiger partial charge on any atom is 0.0313 e. The van der Waals surface area contributed by atoms with E-state index in [1.54, 1.807) is 0 Å². The fraction of sp³-hybridized carbons (Fsp3) is 0.727. The second kappa shape index (κ2) is 19.1. The van der Waals surface area contributed by atoms with E-state index >= 15 is 0 Å². The molecule has 0 atom stereocenters. The fourth-order valence-electron chi connectivity index (χ4n) is 2.72. The molecule has 0 saturated carbocycles. The van der Waals surface area contributed by atoms with Crippen LogP contribution in [0, 0.1) is 0 Å². The molecule has 0 spiro atoms. The van der Waals surface area contributed by atoms with Gasteiger partial charge in [0.25, 0.3) is 0 Å². The molecule has 0 aliphatic carbocycles. The summed E-state index contributed by atoms with van der Waals surface area (Å²) in [5.41, 5.74) is 6.18. The van der Waals surface area contributed by atoms with Crippen LogP contribution in [0.3, 0.4) is 0 Å². The Balaban J connectivity index is 0.000000568. The topological polar surface area (TPSA) is 26.0 Å². The molecule has 0 bridgehead atoms. The van der Waals surface area contributed by atoms with Crippen LogP contribution in [0.1, 0.15) is 104 Å². The molecule has 1 heteroatoms. The highest BCUT2D eigenvalue weighted by Gasteiger charge is 1.92. The maximum atomic E-state index is 5.36. The van der Waals surface area contributed by atoms with Crippen LogP contribution in [0.2, 0.25) is 0 Å². The Labute approximate surface area is 146 Å². The van der Waals surface area contributed by atoms with Gasteiger partial charge in [-0.05, 0) is 12.1 Å². The molecular weight excluding hydrogens is 278 g/mol. The number of rotatable bonds is 13. The van der Waals surface area contributed by atoms with Gasteiger partial charge in [-0.15, -0.1) is 0 Å². The number of anilines is 1. The highest BCUT2D eigenvalue weighted by Crippen LogP contribution is 2.12. The number of hydrogen-bond donors (Lipinski definition) is 1. The average molecular weight is 320 g/mol. The van der Waals surface area contributed by atoms with Crippen LogP contribution in [-0.2, 0) is 0 Å². The zero-order chi connectivity index (χ0) is 17.0. The molecule has 0 radical (unpaired) electrons. The predicted octanol–water partition coefficient (Wildman–Crippen LogP) is 7.76. The van der Waals surface area contributed by atoms with E-state index in [9.17, 15) is 0 Å². The quantitative estimate of drug-likeness (QED) is 0.292. The van der Waals surface area contributed by atoms with E-state index in [1.165, 1.54) is 89.9 Å². The molecule has 0 aliphatic rings. The smallest absolute Gasteiger partial charge is 0.0313 e. The summed E-state index contributed by atoms with van der Waals surface area (Å²) < 4.78 is 0. The highest BCUT2D eigenvalue weighted by atomic mass is 14.5. The van der Waals surface area contributed by atoms with Crippen LogP contribution in [0.5, 0.6) is 0 Å². The standard InChI is InChI=1S/C16H34.C6H7N/c1-3-5-7-9-11-13-15-16-14-12-10-8-6-4-2;7-6-4-2-1-3-5-6/h3-16H2,1-2H3;1-5H,7H2. The Bertz CT molecular complexity index is 293. The van der Waals surface area contributed by atoms with Crippen molar-refractivity contribution < 1.29 is 0 Å². The van der Waals surface area contributed by atoms with Crippen molar-refractivity contribution >= 4 is 5.69 Å². The molecule has 1 aromatic rings. The lowest BCUT2D eigenvalue weighted by molar-refractivity contribution is 0.538. The van der Waals surface area contributed by atoms with Gasteiger partial charge >= 0.3 is 0 Å². The van der Waals surface area contributed by atoms with Gasteiger partial charge in [0.2, 0.25) is 0 Å². The molecule has 1 aromatic carbocycles. The average Bonchev–Trinajstić information content (AvgIpc) is 2.57. The van der Waals surface area contributed by atoms with Gasteiger partial charge < -0.3 is 5.73 Å². The second-order valence-corrected chi connectivity index (χ2v) is 6.65. The minimum Gasteiger partial charge on any atom is -0.399 e. The molecule has 0 fully saturated rings. The number of para-hydroxylation sites is 1. The molecule has 23 heavy (non-hydrogen) atoms. The lowest BCUT2D eigenvalue weighted by Gasteiger charge is -2.02. The lowest BCUT2D eigenvalue weighted by Crippen LogP contribution is -1.82. The molecule has 0 aliphatic heterocycles. The van der Waals surface area contributed by atoms with Crippen LogP contribution in [0.4, 0.5) is 5.69 Å². The minimum atomic E-state index is 0.822. The minimum absolute atomic E-state index is 0.822. The molecule has 0 aromatic heterocycles. The third kappa shape index (κ3) is 19.0. The van der Waals surface area contributed by atoms with E-state index in [0.29, 0.717) is 0 Å². The van der Waals surface area contributed by atoms with Crippen molar-refractivity contribution in [3.63, 3.8) is 0 Å². The number of nitrogens with two attached hydrogens (primary N) is 1. The summed E-state index contributed by atoms with van der Waals surface area (Å²) in [6, 6.07) is 9.49. The number of hydrogen-bond acceptors (Lipinski definition) is 1. The fourth-order valence-corrected chi connectivity index (χ4v) is 2.72. The van der Waals surface area contributed by atoms with E-state index in [0.717, 1.165) is 5.69 Å². The summed E-state index contributed by atoms with van der Waals surface area (Å²) >= 11 is 0. The summed E-state index contributed by atoms with van der Waals surface area (Å²) in [6.07, 6.45) is 20.4. The summed E-state index contributed by atoms with van der Waals surface area (Å²) in [6.45, 7) is 4.58. The monoisotopic (exact) mass is 319 g/mol. The van der Waals surface area contributed by atoms with E-state index in [2.05, 4.69) is 13.8 Å². The van der Waals surface area contributed by atoms with E-state index in [4.69, 9.17) is 5.73 Å². The third-order valence-corrected chi connectivity index (χ3v) is 4.26. The number of unbranched alkanes of at least 4 members (excludes halogenated alkanes) is 13. The second-order valence-electron chi connectivity index (χ2n) is 6.65. The molecule has 0 heterocycles. The largest absolute Gasteiger partial charge is 0.399 e. The van der Waals surface area contributed by atoms with Crippen LogP contribution >= 0.6 is 0 Å². The van der Waals surface area contributed by atoms with Gasteiger partial charge in [-0.25, -0.2) is 0 Å². The Morgan fingerprint density at radius 3 is 1.04 bits per heavy atom. The molecule has 1 nitrogen and oxygen atoms in total. The first-order valence-corrected chi connectivity index (χ1v) is 10.1. The van der Waals surface area contributed by atoms with Crippen molar-refractivity contribution in [2.45, 2.75) is 104 Å². The molecule has 0 saturated heterocycles. The molecule has 0 amide bonds. The maximum absolute atomic E-state index is 5.36. The van der Waals surface area contributed by atoms with Crippen molar-refractivity contribution in [3.05, 3.63) is 30.3 Å². The van der Waals surface area contributed by atoms with Crippen LogP contribution in [0.15, 0.2) is 30.3 Å². The highest BCUT2D eigenvalue weighted by molar-refractivity contribution is 5.35. The predicted molar refractivity (Wildman–Crippen MR) is 107 cm³/mol. The van der Waals surface area contributed by atoms with Crippen molar-refractivity contribution in [1.82, 2.24) is 0 Å². The van der Waals surface area contributed by atoms with Crippen molar-refractivity contribution in [2.75, 3.05) is 5.73 Å². The molecule has 134 valence electrons. The van der Waals surface area contributed by atoms with Gasteiger partial charge in [0.1, 0.15) is 0 Å². The summed E-state index contributed by atoms with van der Waals surface area (Å²) in [5, 5.41) is 0. The Hall–Kier alpha value is -0.980. The third-order valence-electron chi connectivity index (χ3n) is 4.26. The van der Waals surface area contributed by atoms with Gasteiger partial charge in [0.15, 0.2) is 0 Å². The van der Waals surface area contributed by atoms with Crippen molar-refractivity contribution in [3.8, 4) is 0 Å². The van der Waals surface area contributed by atoms with Crippen molar-refractivity contribution in [1.29, 1.82) is 0 Å². The molecule has 2 N–H and O–H groups in total. The van der Waals surface area contributed by atoms with Gasteiger partial charge in [-0.1, -0.05) is 122 Å². The zero-order valence-corrected chi connectivity index (χ0v) is 15.9. The first kappa shape index (κ1) is 22.0. The Kier molecular flexibility index (Phi) is 18.3. The van der Waals surface area contributed by atoms with E-state index in [1.807, 2.05) is 30.3 Å². The van der Waals surface area contributed by atoms with Crippen molar-refractivity contribution in [2.24, 2.45) is 0 Å². The zero-order valence-electron chi connectivity index (χ0n) is 15.9. The van der Waals surface area contributed by atoms with Gasteiger partial charge in [0, 0.05) is 5.69 Å². The first-order valence-electron chi connectivity index (χ1n) is 10.1. The number of benzene rings is 1. The summed E-state index contributed by atoms with van der Waals surface area (Å²) in [5.74, 6) is 0. The van der Waals surface area contributed by atoms with Crippen LogP contribution < -0.4 is 5.73 Å². The Morgan fingerprint density at radius 2 is 0.826 bits per heavy atom. The normalized spacial score (nSPS) is 10.2. The first-order chi connectivity index (χ1) is 11.3. The van der Waals surface area contributed by atoms with E-state index < -0.39 is 0 Å². The summed E-state index contributed by atoms with van der Waals surface area (Å²) in [4.78, 5) is 0. The SMILES string of the molecule is CCCCCCCCCCCCCCCC.Nc1ccccc1. The Morgan fingerprint density at radius 1 is 0.522 bits per heavy atom. The van der Waals surface area contributed by atoms with Crippen LogP contribution in [0.25, 0.3) is 0 Å². The molecular formula is C22H41N. The lowest BCUT2D eigenvalue weighted by atomic mass is 10.0. The van der Waals surface area contributed by atoms with Gasteiger partial charge in [0.05, 0.1) is 0 Å². The number of nitrogen functional groups attached to an aromatic ring is 1. The van der Waals surface area contributed by atoms with E-state index in [-0.39, 0.29) is 0 Å². The molecule has 0 unspecified atom stereocenters. The van der Waals surface area contributed by atoms with Crippen LogP contribution in [-0.4, -0.2) is 0 Å². The summed E-state index contributed by atoms with van der Waals surface area (Å²) in [7, 11) is 0. The molecule has 1 rings (SSSR count). The van der Waals surface area contributed by atoms with Gasteiger partial charge in [-0.2, -0.15) is 0 Å².